The molecule has 0 atom stereocenters. The van der Waals surface area contributed by atoms with Gasteiger partial charge in [0.1, 0.15) is 11.3 Å². The number of sulfonamides is 1. The minimum absolute atomic E-state index is 0.121. The number of anilines is 1. The monoisotopic (exact) mass is 582 g/mol. The molecule has 2 heterocycles. The molecule has 1 saturated heterocycles. The standard InChI is InChI=1S/C25H31ClN4O6S2/c1-34-16-14-30(15-17-35-2)38(32,33)19-6-4-18(5-7-19)24(31)28-10-12-29(13-11-28)25-27-22-21(36-3)9-8-20(26)23(22)37-25/h4-9H,10-17H2,1-3H3. The highest BCUT2D eigenvalue weighted by Crippen LogP contribution is 2.38. The Bertz CT molecular complexity index is 1350. The summed E-state index contributed by atoms with van der Waals surface area (Å²) in [7, 11) is 0.893. The van der Waals surface area contributed by atoms with Gasteiger partial charge in [0.05, 0.1) is 34.9 Å². The van der Waals surface area contributed by atoms with E-state index in [2.05, 4.69) is 4.90 Å². The highest BCUT2D eigenvalue weighted by molar-refractivity contribution is 7.89. The molecule has 4 rings (SSSR count). The third-order valence-electron chi connectivity index (χ3n) is 6.33. The molecule has 10 nitrogen and oxygen atoms in total. The van der Waals surface area contributed by atoms with E-state index in [0.717, 1.165) is 15.3 Å². The second-order valence-electron chi connectivity index (χ2n) is 8.62. The molecular formula is C25H31ClN4O6S2. The van der Waals surface area contributed by atoms with Gasteiger partial charge >= 0.3 is 0 Å². The van der Waals surface area contributed by atoms with Gasteiger partial charge in [-0.1, -0.05) is 22.9 Å². The molecule has 2 aromatic carbocycles. The van der Waals surface area contributed by atoms with Crippen molar-refractivity contribution in [2.45, 2.75) is 4.90 Å². The fraction of sp³-hybridized carbons (Fsp3) is 0.440. The summed E-state index contributed by atoms with van der Waals surface area (Å²) in [6, 6.07) is 9.68. The number of amides is 1. The number of piperazine rings is 1. The number of carbonyl (C=O) groups is 1. The van der Waals surface area contributed by atoms with E-state index in [1.54, 1.807) is 36.3 Å². The van der Waals surface area contributed by atoms with Gasteiger partial charge < -0.3 is 24.0 Å². The van der Waals surface area contributed by atoms with E-state index in [0.29, 0.717) is 42.5 Å². The summed E-state index contributed by atoms with van der Waals surface area (Å²) in [5, 5.41) is 1.46. The molecule has 0 spiro atoms. The average molecular weight is 583 g/mol. The predicted octanol–water partition coefficient (Wildman–Crippen LogP) is 3.20. The minimum atomic E-state index is -3.75. The fourth-order valence-corrected chi connectivity index (χ4v) is 6.90. The summed E-state index contributed by atoms with van der Waals surface area (Å²) in [5.74, 6) is 0.532. The number of aromatic nitrogens is 1. The van der Waals surface area contributed by atoms with Crippen LogP contribution in [-0.4, -0.2) is 102 Å². The van der Waals surface area contributed by atoms with Gasteiger partial charge in [-0.3, -0.25) is 4.79 Å². The number of benzene rings is 2. The second kappa shape index (κ2) is 12.6. The fourth-order valence-electron chi connectivity index (χ4n) is 4.18. The number of nitrogens with zero attached hydrogens (tertiary/aromatic N) is 4. The van der Waals surface area contributed by atoms with Crippen molar-refractivity contribution in [3.05, 3.63) is 47.0 Å². The predicted molar refractivity (Wildman–Crippen MR) is 148 cm³/mol. The third-order valence-corrected chi connectivity index (χ3v) is 9.82. The molecule has 206 valence electrons. The number of halogens is 1. The lowest BCUT2D eigenvalue weighted by Gasteiger charge is -2.34. The lowest BCUT2D eigenvalue weighted by molar-refractivity contribution is 0.0746. The van der Waals surface area contributed by atoms with Crippen LogP contribution in [0.15, 0.2) is 41.3 Å². The molecule has 1 aromatic heterocycles. The zero-order chi connectivity index (χ0) is 27.3. The Labute approximate surface area is 231 Å². The molecule has 13 heteroatoms. The first kappa shape index (κ1) is 28.5. The molecule has 0 N–H and O–H groups in total. The second-order valence-corrected chi connectivity index (χ2v) is 11.9. The molecule has 1 aliphatic heterocycles. The third kappa shape index (κ3) is 6.05. The highest BCUT2D eigenvalue weighted by Gasteiger charge is 2.27. The van der Waals surface area contributed by atoms with Crippen molar-refractivity contribution in [2.75, 3.05) is 78.7 Å². The lowest BCUT2D eigenvalue weighted by atomic mass is 10.2. The van der Waals surface area contributed by atoms with E-state index in [4.69, 9.17) is 30.8 Å². The smallest absolute Gasteiger partial charge is 0.253 e. The lowest BCUT2D eigenvalue weighted by Crippen LogP contribution is -2.48. The number of ether oxygens (including phenoxy) is 3. The number of rotatable bonds is 11. The van der Waals surface area contributed by atoms with Gasteiger partial charge in [-0.2, -0.15) is 4.31 Å². The summed E-state index contributed by atoms with van der Waals surface area (Å²) >= 11 is 7.87. The summed E-state index contributed by atoms with van der Waals surface area (Å²) in [6.07, 6.45) is 0. The van der Waals surface area contributed by atoms with E-state index < -0.39 is 10.0 Å². The molecule has 0 bridgehead atoms. The van der Waals surface area contributed by atoms with E-state index in [1.807, 2.05) is 0 Å². The van der Waals surface area contributed by atoms with E-state index in [9.17, 15) is 13.2 Å². The van der Waals surface area contributed by atoms with Crippen LogP contribution >= 0.6 is 22.9 Å². The Morgan fingerprint density at radius 3 is 2.21 bits per heavy atom. The SMILES string of the molecule is COCCN(CCOC)S(=O)(=O)c1ccc(C(=O)N2CCN(c3nc4c(OC)ccc(Cl)c4s3)CC2)cc1. The van der Waals surface area contributed by atoms with E-state index in [1.165, 1.54) is 42.0 Å². The maximum Gasteiger partial charge on any atom is 0.253 e. The quantitative estimate of drug-likeness (QED) is 0.340. The summed E-state index contributed by atoms with van der Waals surface area (Å²) in [6.45, 7) is 3.22. The Morgan fingerprint density at radius 1 is 1.00 bits per heavy atom. The maximum absolute atomic E-state index is 13.2. The topological polar surface area (TPSA) is 102 Å². The van der Waals surface area contributed by atoms with Crippen LogP contribution in [0.3, 0.4) is 0 Å². The van der Waals surface area contributed by atoms with Gasteiger partial charge in [0.25, 0.3) is 5.91 Å². The molecule has 38 heavy (non-hydrogen) atoms. The van der Waals surface area contributed by atoms with E-state index >= 15 is 0 Å². The van der Waals surface area contributed by atoms with Gasteiger partial charge in [0.15, 0.2) is 5.13 Å². The van der Waals surface area contributed by atoms with Crippen LogP contribution < -0.4 is 9.64 Å². The van der Waals surface area contributed by atoms with Crippen LogP contribution in [0.1, 0.15) is 10.4 Å². The molecule has 0 saturated carbocycles. The number of hydrogen-bond donors (Lipinski definition) is 0. The summed E-state index contributed by atoms with van der Waals surface area (Å²) < 4.78 is 44.0. The molecule has 0 aliphatic carbocycles. The largest absolute Gasteiger partial charge is 0.494 e. The van der Waals surface area contributed by atoms with Gasteiger partial charge in [-0.25, -0.2) is 13.4 Å². The summed E-state index contributed by atoms with van der Waals surface area (Å²) in [4.78, 5) is 21.9. The maximum atomic E-state index is 13.2. The van der Waals surface area contributed by atoms with Crippen molar-refractivity contribution in [3.8, 4) is 5.75 Å². The van der Waals surface area contributed by atoms with Crippen LogP contribution in [0.4, 0.5) is 5.13 Å². The molecule has 1 fully saturated rings. The molecular weight excluding hydrogens is 552 g/mol. The number of thiazole rings is 1. The first-order valence-corrected chi connectivity index (χ1v) is 14.7. The number of fused-ring (bicyclic) bond motifs is 1. The van der Waals surface area contributed by atoms with Gasteiger partial charge in [0.2, 0.25) is 10.0 Å². The first-order valence-electron chi connectivity index (χ1n) is 12.1. The van der Waals surface area contributed by atoms with Crippen molar-refractivity contribution in [1.29, 1.82) is 0 Å². The van der Waals surface area contributed by atoms with Crippen molar-refractivity contribution < 1.29 is 27.4 Å². The van der Waals surface area contributed by atoms with E-state index in [-0.39, 0.29) is 37.1 Å². The van der Waals surface area contributed by atoms with Gasteiger partial charge in [0, 0.05) is 59.1 Å². The van der Waals surface area contributed by atoms with Crippen molar-refractivity contribution in [2.24, 2.45) is 0 Å². The number of hydrogen-bond acceptors (Lipinski definition) is 9. The Balaban J connectivity index is 1.41. The molecule has 1 amide bonds. The normalized spacial score (nSPS) is 14.4. The zero-order valence-electron chi connectivity index (χ0n) is 21.6. The molecule has 0 unspecified atom stereocenters. The van der Waals surface area contributed by atoms with Crippen LogP contribution in [0.5, 0.6) is 5.75 Å². The number of methoxy groups -OCH3 is 3. The van der Waals surface area contributed by atoms with Crippen molar-refractivity contribution in [3.63, 3.8) is 0 Å². The Kier molecular flexibility index (Phi) is 9.45. The van der Waals surface area contributed by atoms with Crippen LogP contribution in [0.2, 0.25) is 5.02 Å². The van der Waals surface area contributed by atoms with Crippen LogP contribution in [0, 0.1) is 0 Å². The van der Waals surface area contributed by atoms with Crippen molar-refractivity contribution >= 4 is 54.2 Å². The molecule has 3 aromatic rings. The highest BCUT2D eigenvalue weighted by atomic mass is 35.5. The average Bonchev–Trinajstić information content (AvgIpc) is 3.39. The first-order chi connectivity index (χ1) is 18.3. The Morgan fingerprint density at radius 2 is 1.63 bits per heavy atom. The molecule has 0 radical (unpaired) electrons. The Hall–Kier alpha value is -2.48. The zero-order valence-corrected chi connectivity index (χ0v) is 23.9. The summed E-state index contributed by atoms with van der Waals surface area (Å²) in [5.41, 5.74) is 1.17. The van der Waals surface area contributed by atoms with Gasteiger partial charge in [-0.15, -0.1) is 0 Å². The molecule has 1 aliphatic rings. The number of carbonyl (C=O) groups excluding carboxylic acids is 1. The van der Waals surface area contributed by atoms with Crippen molar-refractivity contribution in [1.82, 2.24) is 14.2 Å². The van der Waals surface area contributed by atoms with Crippen LogP contribution in [0.25, 0.3) is 10.2 Å². The van der Waals surface area contributed by atoms with Gasteiger partial charge in [-0.05, 0) is 36.4 Å². The minimum Gasteiger partial charge on any atom is -0.494 e. The van der Waals surface area contributed by atoms with Crippen LogP contribution in [-0.2, 0) is 19.5 Å².